The molecule has 0 saturated carbocycles. The van der Waals surface area contributed by atoms with Crippen LogP contribution in [0, 0.1) is 11.8 Å². The predicted molar refractivity (Wildman–Crippen MR) is 128 cm³/mol. The molecule has 0 unspecified atom stereocenters. The van der Waals surface area contributed by atoms with Crippen LogP contribution in [0.3, 0.4) is 0 Å². The molecule has 1 aromatic heterocycles. The molecule has 0 aliphatic heterocycles. The lowest BCUT2D eigenvalue weighted by molar-refractivity contribution is 0.309. The van der Waals surface area contributed by atoms with Gasteiger partial charge in [-0.1, -0.05) is 43.4 Å². The van der Waals surface area contributed by atoms with Crippen LogP contribution < -0.4 is 4.74 Å². The fraction of sp³-hybridized carbons (Fsp3) is 0.143. The molecular weight excluding hydrogens is 380 g/mol. The Morgan fingerprint density at radius 1 is 0.871 bits per heavy atom. The molecule has 152 valence electrons. The molecule has 0 saturated heterocycles. The Balaban J connectivity index is 1.38. The third-order valence-corrected chi connectivity index (χ3v) is 4.87. The van der Waals surface area contributed by atoms with Crippen molar-refractivity contribution in [3.05, 3.63) is 102 Å². The molecule has 31 heavy (non-hydrogen) atoms. The summed E-state index contributed by atoms with van der Waals surface area (Å²) < 4.78 is 5.69. The zero-order valence-corrected chi connectivity index (χ0v) is 17.6. The van der Waals surface area contributed by atoms with Crippen molar-refractivity contribution < 1.29 is 4.74 Å². The fourth-order valence-electron chi connectivity index (χ4n) is 3.07. The topological polar surface area (TPSA) is 34.5 Å². The first-order valence-electron chi connectivity index (χ1n) is 10.5. The van der Waals surface area contributed by atoms with Gasteiger partial charge in [0.1, 0.15) is 5.75 Å². The van der Waals surface area contributed by atoms with E-state index in [0.717, 1.165) is 58.3 Å². The van der Waals surface area contributed by atoms with Crippen molar-refractivity contribution in [3.8, 4) is 17.6 Å². The van der Waals surface area contributed by atoms with Gasteiger partial charge in [0, 0.05) is 35.1 Å². The van der Waals surface area contributed by atoms with Crippen LogP contribution in [0.2, 0.25) is 0 Å². The lowest BCUT2D eigenvalue weighted by Crippen LogP contribution is -1.95. The number of ether oxygens (including phenoxy) is 1. The minimum absolute atomic E-state index is 0.757. The van der Waals surface area contributed by atoms with Crippen LogP contribution >= 0.6 is 0 Å². The fourth-order valence-corrected chi connectivity index (χ4v) is 3.07. The molecule has 3 aromatic carbocycles. The van der Waals surface area contributed by atoms with Gasteiger partial charge in [0.05, 0.1) is 12.3 Å². The van der Waals surface area contributed by atoms with Crippen molar-refractivity contribution in [2.45, 2.75) is 19.8 Å². The number of nitrogens with zero attached hydrogens (tertiary/aromatic N) is 2. The molecule has 0 amide bonds. The van der Waals surface area contributed by atoms with E-state index in [1.807, 2.05) is 73.1 Å². The molecule has 3 nitrogen and oxygen atoms in total. The van der Waals surface area contributed by atoms with E-state index in [9.17, 15) is 0 Å². The maximum atomic E-state index is 5.69. The number of hydrogen-bond donors (Lipinski definition) is 0. The van der Waals surface area contributed by atoms with Gasteiger partial charge in [-0.05, 0) is 72.0 Å². The molecule has 0 fully saturated rings. The van der Waals surface area contributed by atoms with Crippen LogP contribution in [-0.4, -0.2) is 17.8 Å². The van der Waals surface area contributed by atoms with Crippen LogP contribution in [0.25, 0.3) is 10.8 Å². The number of rotatable bonds is 6. The van der Waals surface area contributed by atoms with Crippen molar-refractivity contribution in [2.75, 3.05) is 6.61 Å². The van der Waals surface area contributed by atoms with Crippen molar-refractivity contribution in [1.82, 2.24) is 4.98 Å². The normalized spacial score (nSPS) is 10.7. The van der Waals surface area contributed by atoms with Crippen molar-refractivity contribution in [2.24, 2.45) is 4.99 Å². The Morgan fingerprint density at radius 3 is 2.45 bits per heavy atom. The first-order chi connectivity index (χ1) is 15.3. The van der Waals surface area contributed by atoms with E-state index >= 15 is 0 Å². The Bertz CT molecular complexity index is 1230. The highest BCUT2D eigenvalue weighted by Gasteiger charge is 1.96. The lowest BCUT2D eigenvalue weighted by atomic mass is 10.1. The van der Waals surface area contributed by atoms with Crippen molar-refractivity contribution >= 4 is 22.7 Å². The highest BCUT2D eigenvalue weighted by Crippen LogP contribution is 2.18. The van der Waals surface area contributed by atoms with Gasteiger partial charge in [-0.2, -0.15) is 0 Å². The van der Waals surface area contributed by atoms with E-state index in [1.54, 1.807) is 6.20 Å². The molecule has 3 heteroatoms. The molecule has 0 aliphatic rings. The van der Waals surface area contributed by atoms with Crippen LogP contribution in [0.15, 0.2) is 90.2 Å². The van der Waals surface area contributed by atoms with E-state index in [2.05, 4.69) is 40.9 Å². The molecule has 0 N–H and O–H groups in total. The summed E-state index contributed by atoms with van der Waals surface area (Å²) in [5, 5.41) is 2.27. The Morgan fingerprint density at radius 2 is 1.65 bits per heavy atom. The first kappa shape index (κ1) is 20.4. The average Bonchev–Trinajstić information content (AvgIpc) is 2.83. The number of hydrogen-bond acceptors (Lipinski definition) is 3. The van der Waals surface area contributed by atoms with Gasteiger partial charge >= 0.3 is 0 Å². The SMILES string of the molecule is CCCCOc1ccc(N=Cc2ccc(C#Cc3ccc4cnccc4c3)cc2)cc1. The van der Waals surface area contributed by atoms with Gasteiger partial charge in [0.15, 0.2) is 0 Å². The van der Waals surface area contributed by atoms with Crippen LogP contribution in [-0.2, 0) is 0 Å². The summed E-state index contributed by atoms with van der Waals surface area (Å²) in [6, 6.07) is 24.1. The maximum Gasteiger partial charge on any atom is 0.119 e. The predicted octanol–water partition coefficient (Wildman–Crippen LogP) is 6.56. The second-order valence-electron chi connectivity index (χ2n) is 7.26. The molecule has 0 spiro atoms. The number of fused-ring (bicyclic) bond motifs is 1. The zero-order chi connectivity index (χ0) is 21.3. The maximum absolute atomic E-state index is 5.69. The second-order valence-corrected chi connectivity index (χ2v) is 7.26. The van der Waals surface area contributed by atoms with Crippen LogP contribution in [0.4, 0.5) is 5.69 Å². The first-order valence-corrected chi connectivity index (χ1v) is 10.5. The molecule has 0 atom stereocenters. The molecule has 0 aliphatic carbocycles. The van der Waals surface area contributed by atoms with Gasteiger partial charge < -0.3 is 4.74 Å². The average molecular weight is 405 g/mol. The zero-order valence-electron chi connectivity index (χ0n) is 17.6. The summed E-state index contributed by atoms with van der Waals surface area (Å²) in [6.07, 6.45) is 7.73. The summed E-state index contributed by atoms with van der Waals surface area (Å²) in [4.78, 5) is 8.69. The Labute approximate surface area is 183 Å². The van der Waals surface area contributed by atoms with E-state index in [1.165, 1.54) is 0 Å². The van der Waals surface area contributed by atoms with E-state index < -0.39 is 0 Å². The van der Waals surface area contributed by atoms with E-state index in [-0.39, 0.29) is 0 Å². The van der Waals surface area contributed by atoms with Crippen molar-refractivity contribution in [1.29, 1.82) is 0 Å². The monoisotopic (exact) mass is 404 g/mol. The summed E-state index contributed by atoms with van der Waals surface area (Å²) in [5.74, 6) is 7.36. The summed E-state index contributed by atoms with van der Waals surface area (Å²) in [6.45, 7) is 2.91. The quantitative estimate of drug-likeness (QED) is 0.207. The van der Waals surface area contributed by atoms with Gasteiger partial charge in [-0.3, -0.25) is 9.98 Å². The number of pyridine rings is 1. The van der Waals surface area contributed by atoms with E-state index in [0.29, 0.717) is 0 Å². The lowest BCUT2D eigenvalue weighted by Gasteiger charge is -2.04. The minimum atomic E-state index is 0.757. The Hall–Kier alpha value is -3.90. The summed E-state index contributed by atoms with van der Waals surface area (Å²) in [5.41, 5.74) is 3.90. The van der Waals surface area contributed by atoms with Crippen LogP contribution in [0.1, 0.15) is 36.5 Å². The standard InChI is InChI=1S/C28H24N2O/c1-2-3-18-31-28-14-12-27(13-15-28)30-20-24-8-5-22(6-9-24)4-7-23-10-11-26-21-29-17-16-25(26)19-23/h5-6,8-17,19-21H,2-3,18H2,1H3. The number of unbranched alkanes of at least 4 members (excludes halogenated alkanes) is 1. The van der Waals surface area contributed by atoms with Gasteiger partial charge in [-0.25, -0.2) is 0 Å². The highest BCUT2D eigenvalue weighted by molar-refractivity contribution is 5.83. The molecular formula is C28H24N2O. The molecule has 4 aromatic rings. The minimum Gasteiger partial charge on any atom is -0.494 e. The summed E-state index contributed by atoms with van der Waals surface area (Å²) in [7, 11) is 0. The Kier molecular flexibility index (Phi) is 6.72. The number of aliphatic imine (C=N–C) groups is 1. The molecule has 0 bridgehead atoms. The highest BCUT2D eigenvalue weighted by atomic mass is 16.5. The van der Waals surface area contributed by atoms with Gasteiger partial charge in [0.25, 0.3) is 0 Å². The third-order valence-electron chi connectivity index (χ3n) is 4.87. The van der Waals surface area contributed by atoms with Gasteiger partial charge in [-0.15, -0.1) is 0 Å². The molecule has 0 radical (unpaired) electrons. The number of aromatic nitrogens is 1. The third kappa shape index (κ3) is 5.81. The molecule has 4 rings (SSSR count). The second kappa shape index (κ2) is 10.2. The van der Waals surface area contributed by atoms with Gasteiger partial charge in [0.2, 0.25) is 0 Å². The van der Waals surface area contributed by atoms with Crippen LogP contribution in [0.5, 0.6) is 5.75 Å². The largest absolute Gasteiger partial charge is 0.494 e. The van der Waals surface area contributed by atoms with Crippen molar-refractivity contribution in [3.63, 3.8) is 0 Å². The molecule has 1 heterocycles. The summed E-state index contributed by atoms with van der Waals surface area (Å²) >= 11 is 0. The van der Waals surface area contributed by atoms with E-state index in [4.69, 9.17) is 4.74 Å². The number of benzene rings is 3. The smallest absolute Gasteiger partial charge is 0.119 e.